The Labute approximate surface area is 259 Å². The second-order valence-corrected chi connectivity index (χ2v) is 14.0. The number of hydrogen-bond acceptors (Lipinski definition) is 6. The maximum Gasteiger partial charge on any atom is 0.429 e. The smallest absolute Gasteiger partial charge is 0.429 e. The molecule has 2 aromatic carbocycles. The topological polar surface area (TPSA) is 116 Å². The van der Waals surface area contributed by atoms with Crippen LogP contribution >= 0.6 is 0 Å². The van der Waals surface area contributed by atoms with Crippen molar-refractivity contribution in [2.45, 2.75) is 91.0 Å². The number of carbonyl (C=O) groups excluding carboxylic acids is 5. The van der Waals surface area contributed by atoms with Crippen LogP contribution in [0.1, 0.15) is 88.1 Å². The Morgan fingerprint density at radius 2 is 1.52 bits per heavy atom. The van der Waals surface area contributed by atoms with Crippen molar-refractivity contribution in [3.63, 3.8) is 0 Å². The lowest BCUT2D eigenvalue weighted by molar-refractivity contribution is -0.152. The molecule has 44 heavy (non-hydrogen) atoms. The van der Waals surface area contributed by atoms with Crippen LogP contribution in [-0.4, -0.2) is 81.3 Å². The fourth-order valence-corrected chi connectivity index (χ4v) is 5.59. The fraction of sp³-hybridized carbons (Fsp3) is 0.500. The zero-order chi connectivity index (χ0) is 32.6. The summed E-state index contributed by atoms with van der Waals surface area (Å²) in [6.07, 6.45) is -0.547. The van der Waals surface area contributed by atoms with Gasteiger partial charge in [-0.2, -0.15) is 0 Å². The third kappa shape index (κ3) is 7.11. The van der Waals surface area contributed by atoms with Crippen LogP contribution in [0.2, 0.25) is 0 Å². The van der Waals surface area contributed by atoms with Crippen LogP contribution < -0.4 is 5.32 Å². The van der Waals surface area contributed by atoms with Gasteiger partial charge in [0, 0.05) is 11.1 Å². The molecule has 0 aliphatic carbocycles. The Balaban J connectivity index is 1.66. The van der Waals surface area contributed by atoms with E-state index in [1.807, 2.05) is 26.0 Å². The average Bonchev–Trinajstić information content (AvgIpc) is 3.48. The molecule has 2 fully saturated rings. The molecule has 236 valence electrons. The van der Waals surface area contributed by atoms with E-state index in [1.54, 1.807) is 63.2 Å². The fourth-order valence-electron chi connectivity index (χ4n) is 5.59. The van der Waals surface area contributed by atoms with Crippen molar-refractivity contribution < 1.29 is 28.7 Å². The predicted molar refractivity (Wildman–Crippen MR) is 166 cm³/mol. The molecule has 10 heteroatoms. The molecule has 1 N–H and O–H groups in total. The number of carbonyl (C=O) groups is 5. The second-order valence-electron chi connectivity index (χ2n) is 14.0. The van der Waals surface area contributed by atoms with Crippen molar-refractivity contribution in [1.29, 1.82) is 0 Å². The Morgan fingerprint density at radius 3 is 2.07 bits per heavy atom. The SMILES string of the molecule is CC(C)C[C@H](NC(=O)c1ccc(C(C)(C)C)cc1)C(=O)N1[C@@H]2C(=O)CN(C(=O)c3ccccc3)C2CN1C(=O)OC(C)(C)C. The zero-order valence-corrected chi connectivity index (χ0v) is 26.9. The Hall–Kier alpha value is -4.21. The molecule has 0 spiro atoms. The number of fused-ring (bicyclic) bond motifs is 1. The van der Waals surface area contributed by atoms with Crippen LogP contribution in [0.15, 0.2) is 54.6 Å². The number of likely N-dealkylation sites (tertiary alicyclic amines) is 1. The molecule has 2 saturated heterocycles. The van der Waals surface area contributed by atoms with E-state index in [2.05, 4.69) is 26.1 Å². The summed E-state index contributed by atoms with van der Waals surface area (Å²) >= 11 is 0. The van der Waals surface area contributed by atoms with Crippen LogP contribution in [0.4, 0.5) is 4.79 Å². The zero-order valence-electron chi connectivity index (χ0n) is 26.9. The van der Waals surface area contributed by atoms with Gasteiger partial charge < -0.3 is 15.0 Å². The molecule has 0 radical (unpaired) electrons. The van der Waals surface area contributed by atoms with E-state index in [0.29, 0.717) is 11.1 Å². The van der Waals surface area contributed by atoms with E-state index in [9.17, 15) is 24.0 Å². The molecule has 0 aromatic heterocycles. The molecule has 3 atom stereocenters. The number of rotatable bonds is 6. The maximum atomic E-state index is 14.4. The third-order valence-corrected chi connectivity index (χ3v) is 7.74. The molecule has 4 amide bonds. The standard InChI is InChI=1S/C34H44N4O6/c1-21(2)18-25(35-29(40)22-14-16-24(17-15-22)33(3,4)5)31(42)38-28-26(19-37(38)32(43)44-34(6,7)8)36(20-27(28)39)30(41)23-12-10-9-11-13-23/h9-17,21,25-26,28H,18-20H2,1-8H3,(H,35,40)/t25-,26?,28-/m0/s1. The van der Waals surface area contributed by atoms with Crippen molar-refractivity contribution in [2.75, 3.05) is 13.1 Å². The maximum absolute atomic E-state index is 14.4. The van der Waals surface area contributed by atoms with Gasteiger partial charge >= 0.3 is 6.09 Å². The van der Waals surface area contributed by atoms with Crippen LogP contribution in [0, 0.1) is 5.92 Å². The molecule has 2 aliphatic heterocycles. The number of ether oxygens (including phenoxy) is 1. The summed E-state index contributed by atoms with van der Waals surface area (Å²) in [4.78, 5) is 69.6. The van der Waals surface area contributed by atoms with Gasteiger partial charge in [0.25, 0.3) is 17.7 Å². The van der Waals surface area contributed by atoms with Gasteiger partial charge in [-0.25, -0.2) is 14.8 Å². The highest BCUT2D eigenvalue weighted by molar-refractivity contribution is 6.04. The number of nitrogens with zero attached hydrogens (tertiary/aromatic N) is 3. The number of Topliss-reactive ketones (excluding diaryl/α,β-unsaturated/α-hetero) is 1. The Morgan fingerprint density at radius 1 is 0.909 bits per heavy atom. The van der Waals surface area contributed by atoms with Crippen molar-refractivity contribution in [2.24, 2.45) is 5.92 Å². The number of hydrogen-bond donors (Lipinski definition) is 1. The molecular formula is C34H44N4O6. The van der Waals surface area contributed by atoms with E-state index < -0.39 is 41.6 Å². The highest BCUT2D eigenvalue weighted by atomic mass is 16.6. The number of amides is 4. The number of hydrazine groups is 1. The third-order valence-electron chi connectivity index (χ3n) is 7.74. The molecule has 0 saturated carbocycles. The quantitative estimate of drug-likeness (QED) is 0.516. The first-order chi connectivity index (χ1) is 20.5. The summed E-state index contributed by atoms with van der Waals surface area (Å²) in [5, 5.41) is 5.10. The van der Waals surface area contributed by atoms with Gasteiger partial charge in [-0.15, -0.1) is 0 Å². The molecule has 4 rings (SSSR count). The van der Waals surface area contributed by atoms with Gasteiger partial charge in [0.2, 0.25) is 0 Å². The minimum Gasteiger partial charge on any atom is -0.442 e. The molecule has 10 nitrogen and oxygen atoms in total. The summed E-state index contributed by atoms with van der Waals surface area (Å²) < 4.78 is 5.62. The summed E-state index contributed by atoms with van der Waals surface area (Å²) in [7, 11) is 0. The van der Waals surface area contributed by atoms with Crippen LogP contribution in [0.25, 0.3) is 0 Å². The van der Waals surface area contributed by atoms with Crippen LogP contribution in [0.5, 0.6) is 0 Å². The minimum absolute atomic E-state index is 0.00340. The Bertz CT molecular complexity index is 1410. The number of benzene rings is 2. The minimum atomic E-state index is -1.10. The number of ketones is 1. The second kappa shape index (κ2) is 12.4. The molecular weight excluding hydrogens is 560 g/mol. The van der Waals surface area contributed by atoms with Crippen molar-refractivity contribution in [3.05, 3.63) is 71.3 Å². The first-order valence-electron chi connectivity index (χ1n) is 15.1. The Kier molecular flexibility index (Phi) is 9.23. The van der Waals surface area contributed by atoms with Gasteiger partial charge in [0.05, 0.1) is 19.1 Å². The highest BCUT2D eigenvalue weighted by Gasteiger charge is 2.58. The normalized spacial score (nSPS) is 19.2. The van der Waals surface area contributed by atoms with Gasteiger partial charge in [-0.05, 0) is 68.4 Å². The molecule has 1 unspecified atom stereocenters. The van der Waals surface area contributed by atoms with Gasteiger partial charge in [0.15, 0.2) is 5.78 Å². The van der Waals surface area contributed by atoms with Gasteiger partial charge in [0.1, 0.15) is 17.7 Å². The van der Waals surface area contributed by atoms with Crippen LogP contribution in [0.3, 0.4) is 0 Å². The average molecular weight is 605 g/mol. The summed E-state index contributed by atoms with van der Waals surface area (Å²) in [5.41, 5.74) is 0.884. The largest absolute Gasteiger partial charge is 0.442 e. The van der Waals surface area contributed by atoms with E-state index in [-0.39, 0.29) is 42.5 Å². The molecule has 0 bridgehead atoms. The first kappa shape index (κ1) is 32.7. The van der Waals surface area contributed by atoms with Gasteiger partial charge in [-0.3, -0.25) is 19.2 Å². The van der Waals surface area contributed by atoms with E-state index in [1.165, 1.54) is 4.90 Å². The van der Waals surface area contributed by atoms with Crippen LogP contribution in [-0.2, 0) is 19.7 Å². The summed E-state index contributed by atoms with van der Waals surface area (Å²) in [6, 6.07) is 12.9. The van der Waals surface area contributed by atoms with Crippen molar-refractivity contribution in [3.8, 4) is 0 Å². The lowest BCUT2D eigenvalue weighted by Gasteiger charge is -2.35. The lowest BCUT2D eigenvalue weighted by Crippen LogP contribution is -2.58. The van der Waals surface area contributed by atoms with E-state index in [0.717, 1.165) is 15.6 Å². The monoisotopic (exact) mass is 604 g/mol. The molecule has 2 heterocycles. The van der Waals surface area contributed by atoms with Crippen molar-refractivity contribution in [1.82, 2.24) is 20.2 Å². The van der Waals surface area contributed by atoms with E-state index in [4.69, 9.17) is 4.74 Å². The first-order valence-corrected chi connectivity index (χ1v) is 15.1. The predicted octanol–water partition coefficient (Wildman–Crippen LogP) is 4.59. The summed E-state index contributed by atoms with van der Waals surface area (Å²) in [5.74, 6) is -1.79. The highest BCUT2D eigenvalue weighted by Crippen LogP contribution is 2.33. The van der Waals surface area contributed by atoms with E-state index >= 15 is 0 Å². The lowest BCUT2D eigenvalue weighted by atomic mass is 9.86. The van der Waals surface area contributed by atoms with Crippen molar-refractivity contribution >= 4 is 29.6 Å². The number of nitrogens with one attached hydrogen (secondary N) is 1. The molecule has 2 aromatic rings. The molecule has 2 aliphatic rings. The van der Waals surface area contributed by atoms with Gasteiger partial charge in [-0.1, -0.05) is 65.0 Å². The summed E-state index contributed by atoms with van der Waals surface area (Å²) in [6.45, 7) is 14.9.